The van der Waals surface area contributed by atoms with Crippen LogP contribution in [-0.4, -0.2) is 23.1 Å². The molecule has 0 fully saturated rings. The summed E-state index contributed by atoms with van der Waals surface area (Å²) in [6.45, 7) is 15.1. The lowest BCUT2D eigenvalue weighted by Crippen LogP contribution is -2.36. The van der Waals surface area contributed by atoms with Gasteiger partial charge in [0.2, 0.25) is 0 Å². The average molecular weight is 249 g/mol. The van der Waals surface area contributed by atoms with E-state index in [0.717, 1.165) is 13.1 Å². The molecule has 0 saturated heterocycles. The third-order valence-corrected chi connectivity index (χ3v) is 2.96. The summed E-state index contributed by atoms with van der Waals surface area (Å²) < 4.78 is 0. The van der Waals surface area contributed by atoms with Gasteiger partial charge in [0.25, 0.3) is 0 Å². The summed E-state index contributed by atoms with van der Waals surface area (Å²) in [7, 11) is 0. The Balaban J connectivity index is 2.91. The summed E-state index contributed by atoms with van der Waals surface area (Å²) in [4.78, 5) is 6.66. The molecule has 18 heavy (non-hydrogen) atoms. The van der Waals surface area contributed by atoms with Crippen molar-refractivity contribution in [3.63, 3.8) is 0 Å². The third-order valence-electron chi connectivity index (χ3n) is 2.96. The average Bonchev–Trinajstić information content (AvgIpc) is 2.27. The highest BCUT2D eigenvalue weighted by atomic mass is 15.2. The van der Waals surface area contributed by atoms with Gasteiger partial charge in [-0.1, -0.05) is 0 Å². The number of hydrogen-bond acceptors (Lipinski definition) is 3. The van der Waals surface area contributed by atoms with Crippen molar-refractivity contribution >= 4 is 5.69 Å². The molecule has 3 nitrogen and oxygen atoms in total. The topological polar surface area (TPSA) is 28.2 Å². The fourth-order valence-corrected chi connectivity index (χ4v) is 2.01. The number of hydrogen-bond donors (Lipinski definition) is 1. The first-order valence-electron chi connectivity index (χ1n) is 6.79. The second-order valence-electron chi connectivity index (χ2n) is 5.99. The molecule has 102 valence electrons. The van der Waals surface area contributed by atoms with Crippen molar-refractivity contribution in [2.75, 3.05) is 11.4 Å². The minimum Gasteiger partial charge on any atom is -0.369 e. The van der Waals surface area contributed by atoms with E-state index in [4.69, 9.17) is 0 Å². The van der Waals surface area contributed by atoms with Crippen molar-refractivity contribution in [3.05, 3.63) is 24.0 Å². The zero-order chi connectivity index (χ0) is 13.8. The minimum atomic E-state index is 0.127. The van der Waals surface area contributed by atoms with Crippen LogP contribution in [0, 0.1) is 0 Å². The van der Waals surface area contributed by atoms with Gasteiger partial charge in [-0.25, -0.2) is 0 Å². The van der Waals surface area contributed by atoms with E-state index in [-0.39, 0.29) is 5.54 Å². The zero-order valence-corrected chi connectivity index (χ0v) is 12.6. The van der Waals surface area contributed by atoms with E-state index in [0.29, 0.717) is 6.04 Å². The fourth-order valence-electron chi connectivity index (χ4n) is 2.01. The van der Waals surface area contributed by atoms with Crippen molar-refractivity contribution in [1.82, 2.24) is 10.3 Å². The number of nitrogens with zero attached hydrogens (tertiary/aromatic N) is 2. The molecule has 0 aliphatic carbocycles. The first-order chi connectivity index (χ1) is 8.35. The molecule has 0 aromatic carbocycles. The summed E-state index contributed by atoms with van der Waals surface area (Å²) >= 11 is 0. The zero-order valence-electron chi connectivity index (χ0n) is 12.6. The molecule has 0 aliphatic rings. The van der Waals surface area contributed by atoms with Crippen LogP contribution in [0.1, 0.15) is 47.1 Å². The van der Waals surface area contributed by atoms with Crippen LogP contribution in [0.2, 0.25) is 0 Å². The number of rotatable bonds is 5. The van der Waals surface area contributed by atoms with Gasteiger partial charge in [0.1, 0.15) is 0 Å². The number of nitrogens with one attached hydrogen (secondary N) is 1. The van der Waals surface area contributed by atoms with Gasteiger partial charge in [-0.15, -0.1) is 0 Å². The predicted octanol–water partition coefficient (Wildman–Crippen LogP) is 3.20. The van der Waals surface area contributed by atoms with Gasteiger partial charge in [-0.2, -0.15) is 0 Å². The van der Waals surface area contributed by atoms with Gasteiger partial charge >= 0.3 is 0 Å². The summed E-state index contributed by atoms with van der Waals surface area (Å²) in [6.07, 6.45) is 3.85. The number of aromatic nitrogens is 1. The Bertz CT molecular complexity index is 366. The largest absolute Gasteiger partial charge is 0.369 e. The van der Waals surface area contributed by atoms with Gasteiger partial charge in [-0.05, 0) is 47.6 Å². The molecule has 0 amide bonds. The normalized spacial score (nSPS) is 11.9. The van der Waals surface area contributed by atoms with Gasteiger partial charge in [0.05, 0.1) is 0 Å². The lowest BCUT2D eigenvalue weighted by Gasteiger charge is -2.30. The molecule has 1 aromatic heterocycles. The molecule has 0 unspecified atom stereocenters. The SMILES string of the molecule is CCN(c1ccncc1CNC(C)(C)C)C(C)C. The maximum Gasteiger partial charge on any atom is 0.0445 e. The first-order valence-corrected chi connectivity index (χ1v) is 6.79. The lowest BCUT2D eigenvalue weighted by atomic mass is 10.1. The van der Waals surface area contributed by atoms with Crippen molar-refractivity contribution in [3.8, 4) is 0 Å². The van der Waals surface area contributed by atoms with Crippen molar-refractivity contribution < 1.29 is 0 Å². The van der Waals surface area contributed by atoms with Gasteiger partial charge in [0, 0.05) is 48.3 Å². The Morgan fingerprint density at radius 2 is 2.00 bits per heavy atom. The Morgan fingerprint density at radius 3 is 2.50 bits per heavy atom. The number of pyridine rings is 1. The Morgan fingerprint density at radius 1 is 1.33 bits per heavy atom. The summed E-state index contributed by atoms with van der Waals surface area (Å²) in [5.41, 5.74) is 2.68. The summed E-state index contributed by atoms with van der Waals surface area (Å²) in [5, 5.41) is 3.53. The van der Waals surface area contributed by atoms with Crippen LogP contribution in [0.5, 0.6) is 0 Å². The molecule has 0 aliphatic heterocycles. The molecular weight excluding hydrogens is 222 g/mol. The molecule has 0 spiro atoms. The molecule has 3 heteroatoms. The molecule has 1 N–H and O–H groups in total. The Hall–Kier alpha value is -1.09. The van der Waals surface area contributed by atoms with Crippen LogP contribution in [0.15, 0.2) is 18.5 Å². The second-order valence-corrected chi connectivity index (χ2v) is 5.99. The van der Waals surface area contributed by atoms with Gasteiger partial charge in [-0.3, -0.25) is 4.98 Å². The van der Waals surface area contributed by atoms with Crippen LogP contribution in [0.25, 0.3) is 0 Å². The van der Waals surface area contributed by atoms with E-state index >= 15 is 0 Å². The molecule has 0 radical (unpaired) electrons. The first kappa shape index (κ1) is 15.0. The Labute approximate surface area is 112 Å². The highest BCUT2D eigenvalue weighted by molar-refractivity contribution is 5.52. The maximum absolute atomic E-state index is 4.26. The van der Waals surface area contributed by atoms with Crippen LogP contribution in [-0.2, 0) is 6.54 Å². The van der Waals surface area contributed by atoms with E-state index in [1.54, 1.807) is 0 Å². The molecule has 0 atom stereocenters. The summed E-state index contributed by atoms with van der Waals surface area (Å²) in [5.74, 6) is 0. The molecule has 0 bridgehead atoms. The van der Waals surface area contributed by atoms with Gasteiger partial charge < -0.3 is 10.2 Å². The Kier molecular flexibility index (Phi) is 5.15. The molecular formula is C15H27N3. The van der Waals surface area contributed by atoms with E-state index in [1.807, 2.05) is 12.4 Å². The van der Waals surface area contributed by atoms with E-state index in [2.05, 4.69) is 62.8 Å². The quantitative estimate of drug-likeness (QED) is 0.868. The van der Waals surface area contributed by atoms with Crippen LogP contribution >= 0.6 is 0 Å². The second kappa shape index (κ2) is 6.19. The van der Waals surface area contributed by atoms with Crippen LogP contribution in [0.3, 0.4) is 0 Å². The van der Waals surface area contributed by atoms with E-state index < -0.39 is 0 Å². The summed E-state index contributed by atoms with van der Waals surface area (Å²) in [6, 6.07) is 2.62. The number of anilines is 1. The molecule has 1 rings (SSSR count). The smallest absolute Gasteiger partial charge is 0.0445 e. The van der Waals surface area contributed by atoms with E-state index in [9.17, 15) is 0 Å². The van der Waals surface area contributed by atoms with Crippen molar-refractivity contribution in [2.45, 2.75) is 59.7 Å². The van der Waals surface area contributed by atoms with Crippen LogP contribution < -0.4 is 10.2 Å². The van der Waals surface area contributed by atoms with Crippen molar-refractivity contribution in [1.29, 1.82) is 0 Å². The predicted molar refractivity (Wildman–Crippen MR) is 79.0 cm³/mol. The van der Waals surface area contributed by atoms with Crippen LogP contribution in [0.4, 0.5) is 5.69 Å². The minimum absolute atomic E-state index is 0.127. The lowest BCUT2D eigenvalue weighted by molar-refractivity contribution is 0.424. The van der Waals surface area contributed by atoms with Gasteiger partial charge in [0.15, 0.2) is 0 Å². The fraction of sp³-hybridized carbons (Fsp3) is 0.667. The molecule has 0 saturated carbocycles. The standard InChI is InChI=1S/C15H27N3/c1-7-18(12(2)3)14-8-9-16-10-13(14)11-17-15(4,5)6/h8-10,12,17H,7,11H2,1-6H3. The highest BCUT2D eigenvalue weighted by Crippen LogP contribution is 2.21. The molecule has 1 aromatic rings. The maximum atomic E-state index is 4.26. The third kappa shape index (κ3) is 4.30. The monoisotopic (exact) mass is 249 g/mol. The van der Waals surface area contributed by atoms with Crippen molar-refractivity contribution in [2.24, 2.45) is 0 Å². The van der Waals surface area contributed by atoms with E-state index in [1.165, 1.54) is 11.3 Å². The highest BCUT2D eigenvalue weighted by Gasteiger charge is 2.15. The molecule has 1 heterocycles.